The average molecular weight is 466 g/mol. The Hall–Kier alpha value is -2.47. The number of nitrogens with one attached hydrogen (secondary N) is 1. The number of nitrogens with zero attached hydrogens (tertiary/aromatic N) is 2. The minimum atomic E-state index is -3.68. The standard InChI is InChI=1S/C20H23N3O6S2/c1-14-3-8-18(31(27,28)22-9-11-29-12-10-22)13-19(14)21-20(24)15(2)30-17-6-4-16(5-7-17)23(25)26/h3-8,13,15H,9-12H2,1-2H3,(H,21,24). The number of morpholine rings is 1. The van der Waals surface area contributed by atoms with E-state index < -0.39 is 20.2 Å². The Kier molecular flexibility index (Phi) is 7.31. The molecule has 1 unspecified atom stereocenters. The van der Waals surface area contributed by atoms with Crippen LogP contribution in [0.4, 0.5) is 11.4 Å². The molecule has 1 atom stereocenters. The van der Waals surface area contributed by atoms with Crippen LogP contribution in [0.3, 0.4) is 0 Å². The first-order chi connectivity index (χ1) is 14.7. The lowest BCUT2D eigenvalue weighted by molar-refractivity contribution is -0.384. The average Bonchev–Trinajstić information content (AvgIpc) is 2.76. The number of carbonyl (C=O) groups is 1. The highest BCUT2D eigenvalue weighted by molar-refractivity contribution is 8.00. The van der Waals surface area contributed by atoms with E-state index in [0.29, 0.717) is 36.9 Å². The van der Waals surface area contributed by atoms with E-state index in [9.17, 15) is 23.3 Å². The number of amides is 1. The van der Waals surface area contributed by atoms with Gasteiger partial charge >= 0.3 is 0 Å². The van der Waals surface area contributed by atoms with E-state index in [0.717, 1.165) is 5.56 Å². The molecule has 1 aliphatic heterocycles. The number of hydrogen-bond acceptors (Lipinski definition) is 7. The maximum absolute atomic E-state index is 12.9. The summed E-state index contributed by atoms with van der Waals surface area (Å²) >= 11 is 1.25. The third-order valence-corrected chi connectivity index (χ3v) is 7.81. The summed E-state index contributed by atoms with van der Waals surface area (Å²) in [5, 5.41) is 13.1. The van der Waals surface area contributed by atoms with E-state index in [1.165, 1.54) is 40.3 Å². The van der Waals surface area contributed by atoms with Crippen LogP contribution in [-0.2, 0) is 19.6 Å². The van der Waals surface area contributed by atoms with Gasteiger partial charge in [0.2, 0.25) is 15.9 Å². The number of aryl methyl sites for hydroxylation is 1. The summed E-state index contributed by atoms with van der Waals surface area (Å²) in [7, 11) is -3.68. The van der Waals surface area contributed by atoms with Gasteiger partial charge in [0.1, 0.15) is 0 Å². The molecule has 1 aliphatic rings. The highest BCUT2D eigenvalue weighted by Crippen LogP contribution is 2.28. The molecule has 0 radical (unpaired) electrons. The van der Waals surface area contributed by atoms with Crippen molar-refractivity contribution in [1.29, 1.82) is 0 Å². The Bertz CT molecular complexity index is 1070. The molecule has 1 fully saturated rings. The molecule has 1 N–H and O–H groups in total. The van der Waals surface area contributed by atoms with Gasteiger partial charge in [-0.1, -0.05) is 6.07 Å². The zero-order chi connectivity index (χ0) is 22.6. The number of benzene rings is 2. The van der Waals surface area contributed by atoms with E-state index in [2.05, 4.69) is 5.32 Å². The molecule has 0 bridgehead atoms. The van der Waals surface area contributed by atoms with Gasteiger partial charge in [-0.05, 0) is 43.7 Å². The number of carbonyl (C=O) groups excluding carboxylic acids is 1. The number of thioether (sulfide) groups is 1. The fraction of sp³-hybridized carbons (Fsp3) is 0.350. The van der Waals surface area contributed by atoms with Gasteiger partial charge in [-0.15, -0.1) is 11.8 Å². The number of nitro benzene ring substituents is 1. The molecule has 1 amide bonds. The second kappa shape index (κ2) is 9.77. The summed E-state index contributed by atoms with van der Waals surface area (Å²) in [5.74, 6) is -0.299. The van der Waals surface area contributed by atoms with Crippen molar-refractivity contribution in [2.75, 3.05) is 31.6 Å². The van der Waals surface area contributed by atoms with Gasteiger partial charge in [0, 0.05) is 35.8 Å². The maximum atomic E-state index is 12.9. The van der Waals surface area contributed by atoms with Gasteiger partial charge in [0.25, 0.3) is 5.69 Å². The number of non-ortho nitro benzene ring substituents is 1. The lowest BCUT2D eigenvalue weighted by atomic mass is 10.2. The van der Waals surface area contributed by atoms with E-state index in [4.69, 9.17) is 4.74 Å². The van der Waals surface area contributed by atoms with Crippen LogP contribution in [0.25, 0.3) is 0 Å². The monoisotopic (exact) mass is 465 g/mol. The predicted molar refractivity (Wildman–Crippen MR) is 118 cm³/mol. The third-order valence-electron chi connectivity index (χ3n) is 4.80. The van der Waals surface area contributed by atoms with Gasteiger partial charge in [0.05, 0.1) is 28.3 Å². The Labute approximate surface area is 185 Å². The van der Waals surface area contributed by atoms with Crippen LogP contribution in [0.2, 0.25) is 0 Å². The largest absolute Gasteiger partial charge is 0.379 e. The second-order valence-corrected chi connectivity index (χ2v) is 10.3. The van der Waals surface area contributed by atoms with Crippen molar-refractivity contribution in [3.05, 3.63) is 58.1 Å². The smallest absolute Gasteiger partial charge is 0.269 e. The summed E-state index contributed by atoms with van der Waals surface area (Å²) in [4.78, 5) is 23.8. The third kappa shape index (κ3) is 5.62. The number of anilines is 1. The summed E-state index contributed by atoms with van der Waals surface area (Å²) in [6.45, 7) is 4.79. The van der Waals surface area contributed by atoms with Crippen molar-refractivity contribution in [2.24, 2.45) is 0 Å². The van der Waals surface area contributed by atoms with Crippen molar-refractivity contribution in [3.63, 3.8) is 0 Å². The van der Waals surface area contributed by atoms with Crippen LogP contribution in [0.1, 0.15) is 12.5 Å². The molecule has 166 valence electrons. The molecule has 1 saturated heterocycles. The van der Waals surface area contributed by atoms with E-state index in [1.807, 2.05) is 0 Å². The normalized spacial score (nSPS) is 15.9. The lowest BCUT2D eigenvalue weighted by Crippen LogP contribution is -2.40. The summed E-state index contributed by atoms with van der Waals surface area (Å²) in [6, 6.07) is 10.6. The quantitative estimate of drug-likeness (QED) is 0.379. The van der Waals surface area contributed by atoms with E-state index >= 15 is 0 Å². The van der Waals surface area contributed by atoms with Gasteiger partial charge < -0.3 is 10.1 Å². The second-order valence-electron chi connectivity index (χ2n) is 6.99. The Morgan fingerprint density at radius 1 is 1.19 bits per heavy atom. The molecule has 9 nitrogen and oxygen atoms in total. The molecule has 0 saturated carbocycles. The lowest BCUT2D eigenvalue weighted by Gasteiger charge is -2.26. The first-order valence-electron chi connectivity index (χ1n) is 9.59. The first-order valence-corrected chi connectivity index (χ1v) is 11.9. The molecule has 0 aromatic heterocycles. The molecule has 3 rings (SSSR count). The Balaban J connectivity index is 1.71. The maximum Gasteiger partial charge on any atom is 0.269 e. The van der Waals surface area contributed by atoms with Crippen molar-refractivity contribution >= 4 is 39.1 Å². The zero-order valence-electron chi connectivity index (χ0n) is 17.1. The van der Waals surface area contributed by atoms with E-state index in [-0.39, 0.29) is 16.5 Å². The highest BCUT2D eigenvalue weighted by atomic mass is 32.2. The van der Waals surface area contributed by atoms with Crippen LogP contribution >= 0.6 is 11.8 Å². The Morgan fingerprint density at radius 3 is 2.45 bits per heavy atom. The number of sulfonamides is 1. The molecular weight excluding hydrogens is 442 g/mol. The molecule has 0 aliphatic carbocycles. The summed E-state index contributed by atoms with van der Waals surface area (Å²) < 4.78 is 32.4. The van der Waals surface area contributed by atoms with Crippen molar-refractivity contribution < 1.29 is 22.9 Å². The van der Waals surface area contributed by atoms with Gasteiger partial charge in [-0.2, -0.15) is 4.31 Å². The van der Waals surface area contributed by atoms with Crippen molar-refractivity contribution in [1.82, 2.24) is 4.31 Å². The van der Waals surface area contributed by atoms with Gasteiger partial charge in [-0.25, -0.2) is 8.42 Å². The SMILES string of the molecule is Cc1ccc(S(=O)(=O)N2CCOCC2)cc1NC(=O)C(C)Sc1ccc([N+](=O)[O-])cc1. The van der Waals surface area contributed by atoms with Crippen molar-refractivity contribution in [2.45, 2.75) is 28.9 Å². The number of nitro groups is 1. The van der Waals surface area contributed by atoms with Crippen LogP contribution in [0.5, 0.6) is 0 Å². The summed E-state index contributed by atoms with van der Waals surface area (Å²) in [5.41, 5.74) is 1.15. The summed E-state index contributed by atoms with van der Waals surface area (Å²) in [6.07, 6.45) is 0. The molecule has 2 aromatic carbocycles. The topological polar surface area (TPSA) is 119 Å². The molecule has 31 heavy (non-hydrogen) atoms. The number of ether oxygens (including phenoxy) is 1. The van der Waals surface area contributed by atoms with Crippen LogP contribution < -0.4 is 5.32 Å². The van der Waals surface area contributed by atoms with Crippen molar-refractivity contribution in [3.8, 4) is 0 Å². The molecular formula is C20H23N3O6S2. The number of rotatable bonds is 7. The van der Waals surface area contributed by atoms with Crippen LogP contribution in [-0.4, -0.2) is 55.1 Å². The Morgan fingerprint density at radius 2 is 1.84 bits per heavy atom. The van der Waals surface area contributed by atoms with Gasteiger partial charge in [-0.3, -0.25) is 14.9 Å². The van der Waals surface area contributed by atoms with Gasteiger partial charge in [0.15, 0.2) is 0 Å². The molecule has 11 heteroatoms. The first kappa shape index (κ1) is 23.2. The fourth-order valence-corrected chi connectivity index (χ4v) is 5.27. The minimum absolute atomic E-state index is 0.0182. The predicted octanol–water partition coefficient (Wildman–Crippen LogP) is 3.04. The minimum Gasteiger partial charge on any atom is -0.379 e. The molecule has 2 aromatic rings. The van der Waals surface area contributed by atoms with Crippen LogP contribution in [0.15, 0.2) is 52.3 Å². The molecule has 1 heterocycles. The fourth-order valence-electron chi connectivity index (χ4n) is 2.97. The number of hydrogen-bond donors (Lipinski definition) is 1. The van der Waals surface area contributed by atoms with E-state index in [1.54, 1.807) is 32.0 Å². The zero-order valence-corrected chi connectivity index (χ0v) is 18.7. The highest BCUT2D eigenvalue weighted by Gasteiger charge is 2.27. The molecule has 0 spiro atoms. The van der Waals surface area contributed by atoms with Crippen LogP contribution in [0, 0.1) is 17.0 Å².